The molecule has 1 aromatic carbocycles. The number of rotatable bonds is 6. The third-order valence-electron chi connectivity index (χ3n) is 3.18. The lowest BCUT2D eigenvalue weighted by Gasteiger charge is -2.28. The second kappa shape index (κ2) is 7.73. The van der Waals surface area contributed by atoms with Crippen molar-refractivity contribution in [1.82, 2.24) is 10.0 Å². The second-order valence-corrected chi connectivity index (χ2v) is 5.83. The first-order valence-corrected chi connectivity index (χ1v) is 7.98. The molecule has 1 N–H and O–H groups in total. The van der Waals surface area contributed by atoms with Crippen molar-refractivity contribution in [2.75, 3.05) is 12.3 Å². The van der Waals surface area contributed by atoms with Gasteiger partial charge in [-0.3, -0.25) is 24.0 Å². The molecule has 1 fully saturated rings. The molecular formula is C15H14N2O6S. The lowest BCUT2D eigenvalue weighted by molar-refractivity contribution is -0.170. The van der Waals surface area contributed by atoms with Crippen LogP contribution in [0.15, 0.2) is 30.3 Å². The van der Waals surface area contributed by atoms with Crippen molar-refractivity contribution in [1.29, 1.82) is 0 Å². The Morgan fingerprint density at radius 2 is 1.67 bits per heavy atom. The Kier molecular flexibility index (Phi) is 5.69. The van der Waals surface area contributed by atoms with Gasteiger partial charge in [-0.25, -0.2) is 5.01 Å². The normalized spacial score (nSPS) is 13.9. The molecule has 0 aromatic heterocycles. The molecule has 1 heterocycles. The lowest BCUT2D eigenvalue weighted by Crippen LogP contribution is -2.52. The Morgan fingerprint density at radius 3 is 2.21 bits per heavy atom. The molecule has 0 saturated carbocycles. The van der Waals surface area contributed by atoms with Gasteiger partial charge >= 0.3 is 5.97 Å². The molecule has 0 atom stereocenters. The van der Waals surface area contributed by atoms with Crippen molar-refractivity contribution < 1.29 is 29.1 Å². The van der Waals surface area contributed by atoms with Crippen LogP contribution in [0, 0.1) is 0 Å². The van der Waals surface area contributed by atoms with Crippen LogP contribution in [0.4, 0.5) is 0 Å². The number of hydrogen-bond acceptors (Lipinski definition) is 6. The monoisotopic (exact) mass is 350 g/mol. The van der Waals surface area contributed by atoms with E-state index in [1.165, 1.54) is 0 Å². The molecule has 1 aromatic rings. The number of aliphatic carboxylic acids is 1. The van der Waals surface area contributed by atoms with E-state index in [0.717, 1.165) is 0 Å². The second-order valence-electron chi connectivity index (χ2n) is 4.89. The van der Waals surface area contributed by atoms with Gasteiger partial charge < -0.3 is 5.11 Å². The van der Waals surface area contributed by atoms with Crippen molar-refractivity contribution in [2.45, 2.75) is 12.8 Å². The van der Waals surface area contributed by atoms with Gasteiger partial charge in [-0.15, -0.1) is 0 Å². The zero-order chi connectivity index (χ0) is 17.7. The first-order chi connectivity index (χ1) is 11.4. The molecule has 24 heavy (non-hydrogen) atoms. The van der Waals surface area contributed by atoms with Gasteiger partial charge in [0.2, 0.25) is 16.9 Å². The molecule has 8 nitrogen and oxygen atoms in total. The predicted molar refractivity (Wildman–Crippen MR) is 83.7 cm³/mol. The zero-order valence-corrected chi connectivity index (χ0v) is 13.3. The molecule has 0 radical (unpaired) electrons. The van der Waals surface area contributed by atoms with Crippen molar-refractivity contribution in [3.63, 3.8) is 0 Å². The standard InChI is InChI=1S/C15H14N2O6S/c18-11-6-7-12(19)17(11)16(8-14(21)22)13(20)9-24-15(23)10-4-2-1-3-5-10/h1-5H,6-9H2,(H,21,22). The van der Waals surface area contributed by atoms with E-state index in [0.29, 0.717) is 27.3 Å². The van der Waals surface area contributed by atoms with E-state index in [9.17, 15) is 24.0 Å². The molecule has 9 heteroatoms. The minimum atomic E-state index is -1.37. The van der Waals surface area contributed by atoms with Gasteiger partial charge in [-0.2, -0.15) is 5.01 Å². The summed E-state index contributed by atoms with van der Waals surface area (Å²) in [6, 6.07) is 8.26. The number of nitrogens with zero attached hydrogens (tertiary/aromatic N) is 2. The average molecular weight is 350 g/mol. The van der Waals surface area contributed by atoms with Crippen LogP contribution in [-0.4, -0.2) is 56.2 Å². The first kappa shape index (κ1) is 17.7. The lowest BCUT2D eigenvalue weighted by atomic mass is 10.2. The SMILES string of the molecule is O=C(O)CN(C(=O)CSC(=O)c1ccccc1)N1C(=O)CCC1=O. The number of hydrogen-bond donors (Lipinski definition) is 1. The van der Waals surface area contributed by atoms with Crippen LogP contribution in [0.1, 0.15) is 23.2 Å². The van der Waals surface area contributed by atoms with Crippen LogP contribution in [0.3, 0.4) is 0 Å². The molecule has 1 aliphatic heterocycles. The van der Waals surface area contributed by atoms with Gasteiger partial charge in [0.05, 0.1) is 5.75 Å². The Labute approximate surface area is 141 Å². The summed E-state index contributed by atoms with van der Waals surface area (Å²) in [5.41, 5.74) is 0.397. The largest absolute Gasteiger partial charge is 0.480 e. The van der Waals surface area contributed by atoms with Crippen molar-refractivity contribution in [3.05, 3.63) is 35.9 Å². The summed E-state index contributed by atoms with van der Waals surface area (Å²) in [5, 5.41) is 9.69. The smallest absolute Gasteiger partial charge is 0.325 e. The molecule has 1 saturated heterocycles. The highest BCUT2D eigenvalue weighted by molar-refractivity contribution is 8.14. The fraction of sp³-hybridized carbons (Fsp3) is 0.267. The average Bonchev–Trinajstić information content (AvgIpc) is 2.89. The van der Waals surface area contributed by atoms with Crippen LogP contribution >= 0.6 is 11.8 Å². The molecule has 1 aliphatic rings. The fourth-order valence-corrected chi connectivity index (χ4v) is 2.80. The number of hydrazine groups is 1. The molecule has 0 bridgehead atoms. The van der Waals surface area contributed by atoms with E-state index < -0.39 is 30.2 Å². The number of carboxylic acids is 1. The highest BCUT2D eigenvalue weighted by Crippen LogP contribution is 2.18. The molecule has 0 aliphatic carbocycles. The van der Waals surface area contributed by atoms with E-state index in [1.54, 1.807) is 30.3 Å². The summed E-state index contributed by atoms with van der Waals surface area (Å²) in [4.78, 5) is 58.6. The topological polar surface area (TPSA) is 112 Å². The summed E-state index contributed by atoms with van der Waals surface area (Å²) in [6.45, 7) is -0.823. The van der Waals surface area contributed by atoms with Crippen LogP contribution in [0.5, 0.6) is 0 Å². The third kappa shape index (κ3) is 4.19. The van der Waals surface area contributed by atoms with Crippen LogP contribution in [0.2, 0.25) is 0 Å². The number of carbonyl (C=O) groups is 5. The molecule has 0 unspecified atom stereocenters. The quantitative estimate of drug-likeness (QED) is 0.745. The Balaban J connectivity index is 2.05. The Hall–Kier alpha value is -2.68. The van der Waals surface area contributed by atoms with Crippen LogP contribution in [0.25, 0.3) is 0 Å². The molecule has 0 spiro atoms. The van der Waals surface area contributed by atoms with E-state index in [2.05, 4.69) is 0 Å². The highest BCUT2D eigenvalue weighted by atomic mass is 32.2. The van der Waals surface area contributed by atoms with Crippen molar-refractivity contribution in [2.24, 2.45) is 0 Å². The number of thioether (sulfide) groups is 1. The van der Waals surface area contributed by atoms with Gasteiger partial charge in [0.1, 0.15) is 6.54 Å². The fourth-order valence-electron chi connectivity index (χ4n) is 2.09. The van der Waals surface area contributed by atoms with Gasteiger partial charge in [0.25, 0.3) is 5.91 Å². The molecule has 3 amide bonds. The number of carboxylic acid groups (broad SMARTS) is 1. The number of imide groups is 1. The summed E-state index contributed by atoms with van der Waals surface area (Å²) in [5.74, 6) is -3.80. The Morgan fingerprint density at radius 1 is 1.08 bits per heavy atom. The maximum atomic E-state index is 12.2. The van der Waals surface area contributed by atoms with Gasteiger partial charge in [0.15, 0.2) is 0 Å². The minimum Gasteiger partial charge on any atom is -0.480 e. The van der Waals surface area contributed by atoms with Crippen molar-refractivity contribution >= 4 is 40.6 Å². The molecular weight excluding hydrogens is 336 g/mol. The maximum Gasteiger partial charge on any atom is 0.325 e. The van der Waals surface area contributed by atoms with Crippen LogP contribution < -0.4 is 0 Å². The summed E-state index contributed by atoms with van der Waals surface area (Å²) in [6.07, 6.45) is -0.142. The highest BCUT2D eigenvalue weighted by Gasteiger charge is 2.37. The number of amides is 3. The predicted octanol–water partition coefficient (Wildman–Crippen LogP) is 0.537. The van der Waals surface area contributed by atoms with E-state index in [4.69, 9.17) is 5.11 Å². The van der Waals surface area contributed by atoms with E-state index in [1.807, 2.05) is 0 Å². The van der Waals surface area contributed by atoms with Gasteiger partial charge in [0, 0.05) is 18.4 Å². The van der Waals surface area contributed by atoms with Crippen LogP contribution in [-0.2, 0) is 19.2 Å². The van der Waals surface area contributed by atoms with Gasteiger partial charge in [-0.1, -0.05) is 42.1 Å². The third-order valence-corrected chi connectivity index (χ3v) is 4.06. The Bertz CT molecular complexity index is 674. The zero-order valence-electron chi connectivity index (χ0n) is 12.5. The maximum absolute atomic E-state index is 12.2. The van der Waals surface area contributed by atoms with E-state index in [-0.39, 0.29) is 23.7 Å². The summed E-state index contributed by atoms with van der Waals surface area (Å²) in [7, 11) is 0. The number of benzene rings is 1. The number of carbonyl (C=O) groups excluding carboxylic acids is 4. The minimum absolute atomic E-state index is 0.0711. The summed E-state index contributed by atoms with van der Waals surface area (Å²) < 4.78 is 0. The van der Waals surface area contributed by atoms with Crippen molar-refractivity contribution in [3.8, 4) is 0 Å². The van der Waals surface area contributed by atoms with Gasteiger partial charge in [-0.05, 0) is 0 Å². The first-order valence-electron chi connectivity index (χ1n) is 7.00. The summed E-state index contributed by atoms with van der Waals surface area (Å²) >= 11 is 0.682. The molecule has 126 valence electrons. The molecule has 2 rings (SSSR count). The van der Waals surface area contributed by atoms with E-state index >= 15 is 0 Å².